The van der Waals surface area contributed by atoms with E-state index in [1.807, 2.05) is 49.4 Å². The van der Waals surface area contributed by atoms with Crippen LogP contribution in [0.15, 0.2) is 71.8 Å². The molecule has 6 heteroatoms. The van der Waals surface area contributed by atoms with Crippen molar-refractivity contribution in [2.75, 3.05) is 14.2 Å². The summed E-state index contributed by atoms with van der Waals surface area (Å²) in [6.07, 6.45) is 0.565. The molecule has 1 heterocycles. The second-order valence-electron chi connectivity index (χ2n) is 7.41. The molecule has 158 valence electrons. The minimum Gasteiger partial charge on any atom is -0.497 e. The maximum Gasteiger partial charge on any atom is 0.276 e. The largest absolute Gasteiger partial charge is 0.497 e. The molecule has 1 aliphatic heterocycles. The number of hydrazone groups is 1. The number of ether oxygens (including phenoxy) is 2. The van der Waals surface area contributed by atoms with E-state index in [4.69, 9.17) is 26.2 Å². The molecule has 3 aromatic rings. The van der Waals surface area contributed by atoms with Gasteiger partial charge in [-0.2, -0.15) is 5.10 Å². The van der Waals surface area contributed by atoms with Crippen molar-refractivity contribution in [3.8, 4) is 11.5 Å². The molecule has 0 fully saturated rings. The van der Waals surface area contributed by atoms with Crippen molar-refractivity contribution in [3.05, 3.63) is 94.0 Å². The predicted molar refractivity (Wildman–Crippen MR) is 122 cm³/mol. The van der Waals surface area contributed by atoms with Crippen molar-refractivity contribution in [2.24, 2.45) is 5.10 Å². The molecule has 5 nitrogen and oxygen atoms in total. The normalized spacial score (nSPS) is 15.5. The van der Waals surface area contributed by atoms with Crippen molar-refractivity contribution in [3.63, 3.8) is 0 Å². The quantitative estimate of drug-likeness (QED) is 0.520. The van der Waals surface area contributed by atoms with E-state index < -0.39 is 0 Å². The summed E-state index contributed by atoms with van der Waals surface area (Å²) in [5.41, 5.74) is 4.23. The molecule has 0 radical (unpaired) electrons. The summed E-state index contributed by atoms with van der Waals surface area (Å²) in [5.74, 6) is 1.10. The second-order valence-corrected chi connectivity index (χ2v) is 7.82. The van der Waals surface area contributed by atoms with E-state index in [-0.39, 0.29) is 11.9 Å². The number of carbonyl (C=O) groups is 1. The van der Waals surface area contributed by atoms with Gasteiger partial charge in [0, 0.05) is 18.1 Å². The number of hydrogen-bond donors (Lipinski definition) is 0. The van der Waals surface area contributed by atoms with Gasteiger partial charge in [0.25, 0.3) is 5.91 Å². The van der Waals surface area contributed by atoms with Crippen LogP contribution in [0.2, 0.25) is 5.02 Å². The van der Waals surface area contributed by atoms with Crippen LogP contribution >= 0.6 is 11.6 Å². The summed E-state index contributed by atoms with van der Waals surface area (Å²) in [4.78, 5) is 13.4. The second kappa shape index (κ2) is 8.82. The van der Waals surface area contributed by atoms with Gasteiger partial charge >= 0.3 is 0 Å². The first-order valence-corrected chi connectivity index (χ1v) is 10.3. The van der Waals surface area contributed by atoms with Gasteiger partial charge in [-0.3, -0.25) is 4.79 Å². The topological polar surface area (TPSA) is 51.1 Å². The van der Waals surface area contributed by atoms with Crippen LogP contribution in [-0.4, -0.2) is 30.8 Å². The number of aryl methyl sites for hydroxylation is 1. The lowest BCUT2D eigenvalue weighted by molar-refractivity contribution is 0.0711. The van der Waals surface area contributed by atoms with E-state index in [2.05, 4.69) is 0 Å². The third-order valence-electron chi connectivity index (χ3n) is 5.37. The number of carbonyl (C=O) groups excluding carboxylic acids is 1. The minimum atomic E-state index is -0.239. The highest BCUT2D eigenvalue weighted by Crippen LogP contribution is 2.36. The summed E-state index contributed by atoms with van der Waals surface area (Å²) < 4.78 is 10.8. The van der Waals surface area contributed by atoms with Crippen molar-refractivity contribution >= 4 is 23.2 Å². The molecule has 0 aliphatic carbocycles. The van der Waals surface area contributed by atoms with E-state index in [0.717, 1.165) is 22.4 Å². The van der Waals surface area contributed by atoms with Gasteiger partial charge in [-0.25, -0.2) is 5.01 Å². The van der Waals surface area contributed by atoms with Gasteiger partial charge in [0.2, 0.25) is 0 Å². The minimum absolute atomic E-state index is 0.235. The zero-order chi connectivity index (χ0) is 22.0. The van der Waals surface area contributed by atoms with Crippen LogP contribution in [0.1, 0.15) is 39.5 Å². The fraction of sp³-hybridized carbons (Fsp3) is 0.200. The molecule has 3 aromatic carbocycles. The third kappa shape index (κ3) is 4.28. The van der Waals surface area contributed by atoms with Crippen LogP contribution in [0.3, 0.4) is 0 Å². The Labute approximate surface area is 186 Å². The van der Waals surface area contributed by atoms with Crippen LogP contribution in [0.4, 0.5) is 0 Å². The number of methoxy groups -OCH3 is 2. The zero-order valence-corrected chi connectivity index (χ0v) is 18.4. The number of amides is 1. The SMILES string of the molecule is COc1cc(OC)cc(C2=NN(C(=O)c3ccccc3Cl)[C@@H](c3ccc(C)cc3)C2)c1. The Morgan fingerprint density at radius 3 is 2.26 bits per heavy atom. The van der Waals surface area contributed by atoms with Gasteiger partial charge in [-0.1, -0.05) is 53.6 Å². The van der Waals surface area contributed by atoms with Crippen LogP contribution < -0.4 is 9.47 Å². The van der Waals surface area contributed by atoms with Gasteiger partial charge in [0.15, 0.2) is 0 Å². The first-order chi connectivity index (χ1) is 15.0. The summed E-state index contributed by atoms with van der Waals surface area (Å²) in [7, 11) is 3.22. The predicted octanol–water partition coefficient (Wildman–Crippen LogP) is 5.66. The Morgan fingerprint density at radius 2 is 1.65 bits per heavy atom. The molecule has 0 unspecified atom stereocenters. The van der Waals surface area contributed by atoms with E-state index in [9.17, 15) is 4.79 Å². The lowest BCUT2D eigenvalue weighted by Crippen LogP contribution is -2.27. The lowest BCUT2D eigenvalue weighted by Gasteiger charge is -2.22. The molecule has 1 atom stereocenters. The van der Waals surface area contributed by atoms with Crippen LogP contribution in [-0.2, 0) is 0 Å². The lowest BCUT2D eigenvalue weighted by atomic mass is 9.97. The van der Waals surface area contributed by atoms with Crippen LogP contribution in [0.25, 0.3) is 0 Å². The van der Waals surface area contributed by atoms with Gasteiger partial charge in [0.1, 0.15) is 11.5 Å². The highest BCUT2D eigenvalue weighted by molar-refractivity contribution is 6.33. The third-order valence-corrected chi connectivity index (χ3v) is 5.70. The summed E-state index contributed by atoms with van der Waals surface area (Å²) in [6, 6.07) is 20.6. The van der Waals surface area contributed by atoms with E-state index in [0.29, 0.717) is 28.5 Å². The number of nitrogens with zero attached hydrogens (tertiary/aromatic N) is 2. The molecular formula is C25H23ClN2O3. The van der Waals surface area contributed by atoms with Crippen molar-refractivity contribution in [2.45, 2.75) is 19.4 Å². The van der Waals surface area contributed by atoms with Gasteiger partial charge < -0.3 is 9.47 Å². The van der Waals surface area contributed by atoms with Crippen molar-refractivity contribution in [1.82, 2.24) is 5.01 Å². The Morgan fingerprint density at radius 1 is 1.00 bits per heavy atom. The Kier molecular flexibility index (Phi) is 5.96. The zero-order valence-electron chi connectivity index (χ0n) is 17.6. The van der Waals surface area contributed by atoms with E-state index >= 15 is 0 Å². The monoisotopic (exact) mass is 434 g/mol. The molecule has 0 saturated heterocycles. The molecule has 0 aromatic heterocycles. The molecule has 1 aliphatic rings. The maximum absolute atomic E-state index is 13.4. The summed E-state index contributed by atoms with van der Waals surface area (Å²) >= 11 is 6.32. The molecule has 1 amide bonds. The summed E-state index contributed by atoms with van der Waals surface area (Å²) in [6.45, 7) is 2.04. The van der Waals surface area contributed by atoms with E-state index in [1.165, 1.54) is 5.01 Å². The van der Waals surface area contributed by atoms with Gasteiger partial charge in [-0.05, 0) is 36.8 Å². The van der Waals surface area contributed by atoms with Gasteiger partial charge in [0.05, 0.1) is 36.6 Å². The number of benzene rings is 3. The average molecular weight is 435 g/mol. The molecule has 0 bridgehead atoms. The summed E-state index contributed by atoms with van der Waals surface area (Å²) in [5, 5.41) is 6.68. The maximum atomic E-state index is 13.4. The first kappa shape index (κ1) is 20.9. The fourth-order valence-corrected chi connectivity index (χ4v) is 3.87. The molecular weight excluding hydrogens is 412 g/mol. The molecule has 4 rings (SSSR count). The Hall–Kier alpha value is -3.31. The first-order valence-electron chi connectivity index (χ1n) is 9.95. The smallest absolute Gasteiger partial charge is 0.276 e. The highest BCUT2D eigenvalue weighted by Gasteiger charge is 2.34. The average Bonchev–Trinajstić information content (AvgIpc) is 3.24. The standard InChI is InChI=1S/C25H23ClN2O3/c1-16-8-10-17(11-9-16)24-15-23(18-12-19(30-2)14-20(13-18)31-3)27-28(24)25(29)21-6-4-5-7-22(21)26/h4-14,24H,15H2,1-3H3/t24-/m1/s1. The van der Waals surface area contributed by atoms with Crippen molar-refractivity contribution < 1.29 is 14.3 Å². The molecule has 0 spiro atoms. The number of hydrogen-bond acceptors (Lipinski definition) is 4. The molecule has 31 heavy (non-hydrogen) atoms. The fourth-order valence-electron chi connectivity index (χ4n) is 3.65. The number of rotatable bonds is 5. The van der Waals surface area contributed by atoms with E-state index in [1.54, 1.807) is 38.5 Å². The number of halogens is 1. The molecule has 0 N–H and O–H groups in total. The Balaban J connectivity index is 1.78. The van der Waals surface area contributed by atoms with Crippen LogP contribution in [0, 0.1) is 6.92 Å². The van der Waals surface area contributed by atoms with Crippen molar-refractivity contribution in [1.29, 1.82) is 0 Å². The highest BCUT2D eigenvalue weighted by atomic mass is 35.5. The molecule has 0 saturated carbocycles. The van der Waals surface area contributed by atoms with Crippen LogP contribution in [0.5, 0.6) is 11.5 Å². The Bertz CT molecular complexity index is 1120. The van der Waals surface area contributed by atoms with Gasteiger partial charge in [-0.15, -0.1) is 0 Å².